The standard InChI is InChI=1S/C19H20N2O5S/c1-13-7-8-14(27(2,24)25)11-15(13)20-18(22)9-10-21-16-5-3-4-6-17(16)26-12-19(21)23/h3-8,11H,9-10,12H2,1-2H3,(H,20,22). The van der Waals surface area contributed by atoms with Gasteiger partial charge in [0.15, 0.2) is 16.4 Å². The van der Waals surface area contributed by atoms with Crippen molar-refractivity contribution in [2.75, 3.05) is 29.6 Å². The number of benzene rings is 2. The molecule has 2 amide bonds. The molecule has 2 aromatic carbocycles. The number of hydrogen-bond donors (Lipinski definition) is 1. The van der Waals surface area contributed by atoms with E-state index >= 15 is 0 Å². The average molecular weight is 388 g/mol. The molecular formula is C19H20N2O5S. The highest BCUT2D eigenvalue weighted by Crippen LogP contribution is 2.31. The summed E-state index contributed by atoms with van der Waals surface area (Å²) in [5.74, 6) is 0.0893. The summed E-state index contributed by atoms with van der Waals surface area (Å²) in [7, 11) is -3.37. The van der Waals surface area contributed by atoms with Crippen LogP contribution in [-0.4, -0.2) is 39.6 Å². The molecule has 3 rings (SSSR count). The lowest BCUT2D eigenvalue weighted by atomic mass is 10.2. The first-order chi connectivity index (χ1) is 12.8. The zero-order valence-electron chi connectivity index (χ0n) is 15.1. The van der Waals surface area contributed by atoms with Crippen molar-refractivity contribution >= 4 is 33.0 Å². The maximum atomic E-state index is 12.4. The summed E-state index contributed by atoms with van der Waals surface area (Å²) in [6.45, 7) is 1.92. The maximum Gasteiger partial charge on any atom is 0.265 e. The highest BCUT2D eigenvalue weighted by molar-refractivity contribution is 7.90. The normalized spacial score (nSPS) is 13.7. The Morgan fingerprint density at radius 3 is 2.70 bits per heavy atom. The van der Waals surface area contributed by atoms with E-state index in [1.54, 1.807) is 31.2 Å². The molecule has 0 aromatic heterocycles. The Hall–Kier alpha value is -2.87. The van der Waals surface area contributed by atoms with Crippen LogP contribution in [0, 0.1) is 6.92 Å². The summed E-state index contributed by atoms with van der Waals surface area (Å²) in [4.78, 5) is 26.2. The molecule has 1 aliphatic heterocycles. The van der Waals surface area contributed by atoms with Crippen LogP contribution in [0.25, 0.3) is 0 Å². The summed E-state index contributed by atoms with van der Waals surface area (Å²) in [6.07, 6.45) is 1.19. The molecule has 0 radical (unpaired) electrons. The summed E-state index contributed by atoms with van der Waals surface area (Å²) in [6, 6.07) is 11.7. The van der Waals surface area contributed by atoms with Gasteiger partial charge >= 0.3 is 0 Å². The molecule has 0 atom stereocenters. The highest BCUT2D eigenvalue weighted by Gasteiger charge is 2.25. The van der Waals surface area contributed by atoms with Crippen LogP contribution >= 0.6 is 0 Å². The molecule has 1 aliphatic rings. The Kier molecular flexibility index (Phi) is 5.18. The quantitative estimate of drug-likeness (QED) is 0.847. The molecule has 142 valence electrons. The van der Waals surface area contributed by atoms with Crippen molar-refractivity contribution in [3.8, 4) is 5.75 Å². The maximum absolute atomic E-state index is 12.4. The van der Waals surface area contributed by atoms with Gasteiger partial charge in [-0.1, -0.05) is 18.2 Å². The van der Waals surface area contributed by atoms with Crippen LogP contribution in [0.15, 0.2) is 47.4 Å². The van der Waals surface area contributed by atoms with Crippen LogP contribution in [0.4, 0.5) is 11.4 Å². The van der Waals surface area contributed by atoms with Crippen molar-refractivity contribution in [1.82, 2.24) is 0 Å². The van der Waals surface area contributed by atoms with Gasteiger partial charge in [-0.05, 0) is 36.8 Å². The fourth-order valence-corrected chi connectivity index (χ4v) is 3.44. The first-order valence-corrected chi connectivity index (χ1v) is 10.3. The third-order valence-corrected chi connectivity index (χ3v) is 5.39. The van der Waals surface area contributed by atoms with Gasteiger partial charge in [-0.3, -0.25) is 9.59 Å². The molecule has 0 fully saturated rings. The number of fused-ring (bicyclic) bond motifs is 1. The number of carbonyl (C=O) groups excluding carboxylic acids is 2. The van der Waals surface area contributed by atoms with E-state index in [1.807, 2.05) is 6.07 Å². The van der Waals surface area contributed by atoms with Crippen LogP contribution in [-0.2, 0) is 19.4 Å². The van der Waals surface area contributed by atoms with Crippen LogP contribution in [0.5, 0.6) is 5.75 Å². The molecule has 0 unspecified atom stereocenters. The molecular weight excluding hydrogens is 368 g/mol. The zero-order chi connectivity index (χ0) is 19.6. The van der Waals surface area contributed by atoms with E-state index < -0.39 is 9.84 Å². The summed E-state index contributed by atoms with van der Waals surface area (Å²) in [5.41, 5.74) is 1.83. The molecule has 2 aromatic rings. The molecule has 27 heavy (non-hydrogen) atoms. The molecule has 1 N–H and O–H groups in total. The second kappa shape index (κ2) is 7.40. The van der Waals surface area contributed by atoms with Crippen LogP contribution in [0.3, 0.4) is 0 Å². The second-order valence-corrected chi connectivity index (χ2v) is 8.36. The first-order valence-electron chi connectivity index (χ1n) is 8.38. The largest absolute Gasteiger partial charge is 0.482 e. The summed E-state index contributed by atoms with van der Waals surface area (Å²) >= 11 is 0. The Morgan fingerprint density at radius 2 is 1.96 bits per heavy atom. The lowest BCUT2D eigenvalue weighted by Gasteiger charge is -2.29. The van der Waals surface area contributed by atoms with Crippen molar-refractivity contribution < 1.29 is 22.7 Å². The van der Waals surface area contributed by atoms with E-state index in [0.29, 0.717) is 17.1 Å². The van der Waals surface area contributed by atoms with Crippen LogP contribution in [0.1, 0.15) is 12.0 Å². The second-order valence-electron chi connectivity index (χ2n) is 6.35. The van der Waals surface area contributed by atoms with Crippen molar-refractivity contribution in [3.63, 3.8) is 0 Å². The molecule has 0 aliphatic carbocycles. The first kappa shape index (κ1) is 18.9. The van der Waals surface area contributed by atoms with E-state index in [-0.39, 0.29) is 36.3 Å². The topological polar surface area (TPSA) is 92.8 Å². The lowest BCUT2D eigenvalue weighted by molar-refractivity contribution is -0.121. The van der Waals surface area contributed by atoms with Crippen molar-refractivity contribution in [3.05, 3.63) is 48.0 Å². The predicted octanol–water partition coefficient (Wildman–Crippen LogP) is 2.15. The number of amides is 2. The van der Waals surface area contributed by atoms with Gasteiger partial charge in [0, 0.05) is 24.9 Å². The van der Waals surface area contributed by atoms with Gasteiger partial charge < -0.3 is 15.0 Å². The number of sulfone groups is 1. The number of aryl methyl sites for hydroxylation is 1. The molecule has 8 heteroatoms. The Balaban J connectivity index is 1.70. The number of anilines is 2. The van der Waals surface area contributed by atoms with Crippen molar-refractivity contribution in [1.29, 1.82) is 0 Å². The number of carbonyl (C=O) groups is 2. The number of nitrogens with zero attached hydrogens (tertiary/aromatic N) is 1. The third kappa shape index (κ3) is 4.28. The van der Waals surface area contributed by atoms with E-state index in [1.165, 1.54) is 17.0 Å². The lowest BCUT2D eigenvalue weighted by Crippen LogP contribution is -2.40. The monoisotopic (exact) mass is 388 g/mol. The fourth-order valence-electron chi connectivity index (χ4n) is 2.79. The summed E-state index contributed by atoms with van der Waals surface area (Å²) in [5, 5.41) is 2.73. The highest BCUT2D eigenvalue weighted by atomic mass is 32.2. The van der Waals surface area contributed by atoms with E-state index in [0.717, 1.165) is 11.8 Å². The number of para-hydroxylation sites is 2. The van der Waals surface area contributed by atoms with Crippen molar-refractivity contribution in [2.45, 2.75) is 18.2 Å². The molecule has 0 saturated heterocycles. The molecule has 0 bridgehead atoms. The summed E-state index contributed by atoms with van der Waals surface area (Å²) < 4.78 is 28.8. The van der Waals surface area contributed by atoms with E-state index in [9.17, 15) is 18.0 Å². The van der Waals surface area contributed by atoms with Gasteiger partial charge in [0.2, 0.25) is 5.91 Å². The zero-order valence-corrected chi connectivity index (χ0v) is 15.9. The smallest absolute Gasteiger partial charge is 0.265 e. The number of rotatable bonds is 5. The Morgan fingerprint density at radius 1 is 1.22 bits per heavy atom. The van der Waals surface area contributed by atoms with Crippen LogP contribution < -0.4 is 15.0 Å². The molecule has 0 spiro atoms. The molecule has 0 saturated carbocycles. The average Bonchev–Trinajstić information content (AvgIpc) is 2.62. The van der Waals surface area contributed by atoms with Gasteiger partial charge in [-0.2, -0.15) is 0 Å². The van der Waals surface area contributed by atoms with Gasteiger partial charge in [-0.15, -0.1) is 0 Å². The van der Waals surface area contributed by atoms with Gasteiger partial charge in [-0.25, -0.2) is 8.42 Å². The third-order valence-electron chi connectivity index (χ3n) is 4.28. The van der Waals surface area contributed by atoms with E-state index in [4.69, 9.17) is 4.74 Å². The predicted molar refractivity (Wildman–Crippen MR) is 102 cm³/mol. The van der Waals surface area contributed by atoms with Gasteiger partial charge in [0.25, 0.3) is 5.91 Å². The van der Waals surface area contributed by atoms with Gasteiger partial charge in [0.1, 0.15) is 5.75 Å². The molecule has 7 nitrogen and oxygen atoms in total. The fraction of sp³-hybridized carbons (Fsp3) is 0.263. The molecule has 1 heterocycles. The van der Waals surface area contributed by atoms with Crippen molar-refractivity contribution in [2.24, 2.45) is 0 Å². The minimum atomic E-state index is -3.37. The number of hydrogen-bond acceptors (Lipinski definition) is 5. The minimum Gasteiger partial charge on any atom is -0.482 e. The Bertz CT molecular complexity index is 1000. The van der Waals surface area contributed by atoms with E-state index in [2.05, 4.69) is 5.32 Å². The number of ether oxygens (including phenoxy) is 1. The van der Waals surface area contributed by atoms with Gasteiger partial charge in [0.05, 0.1) is 10.6 Å². The SMILES string of the molecule is Cc1ccc(S(C)(=O)=O)cc1NC(=O)CCN1C(=O)COc2ccccc21. The number of nitrogens with one attached hydrogen (secondary N) is 1. The Labute approximate surface area is 157 Å². The minimum absolute atomic E-state index is 0.0614. The van der Waals surface area contributed by atoms with Crippen LogP contribution in [0.2, 0.25) is 0 Å².